The number of rotatable bonds is 5. The van der Waals surface area contributed by atoms with Gasteiger partial charge in [0.15, 0.2) is 0 Å². The van der Waals surface area contributed by atoms with Crippen molar-refractivity contribution < 1.29 is 19.9 Å². The van der Waals surface area contributed by atoms with E-state index in [1.165, 1.54) is 12.1 Å². The number of aromatic carboxylic acids is 1. The van der Waals surface area contributed by atoms with Crippen LogP contribution in [0.2, 0.25) is 0 Å². The molecule has 0 fully saturated rings. The zero-order chi connectivity index (χ0) is 16.4. The molecule has 7 heteroatoms. The van der Waals surface area contributed by atoms with E-state index in [0.717, 1.165) is 21.8 Å². The van der Waals surface area contributed by atoms with Crippen molar-refractivity contribution >= 4 is 29.3 Å². The van der Waals surface area contributed by atoms with Crippen LogP contribution < -0.4 is 11.2 Å². The lowest BCUT2D eigenvalue weighted by atomic mass is 10.2. The number of nitrogens with one attached hydrogen (secondary N) is 1. The molecule has 22 heavy (non-hydrogen) atoms. The van der Waals surface area contributed by atoms with Crippen LogP contribution in [0.4, 0.5) is 0 Å². The summed E-state index contributed by atoms with van der Waals surface area (Å²) in [5.74, 6) is 2.34. The zero-order valence-corrected chi connectivity index (χ0v) is 12.4. The molecule has 2 rings (SSSR count). The van der Waals surface area contributed by atoms with Gasteiger partial charge in [-0.2, -0.15) is 0 Å². The van der Waals surface area contributed by atoms with E-state index < -0.39 is 5.97 Å². The Morgan fingerprint density at radius 2 is 1.82 bits per heavy atom. The highest BCUT2D eigenvalue weighted by molar-refractivity contribution is 7.14. The number of nitrogens with two attached hydrogens (primary N) is 1. The summed E-state index contributed by atoms with van der Waals surface area (Å²) in [6.45, 7) is 0.467. The van der Waals surface area contributed by atoms with E-state index in [1.807, 2.05) is 30.3 Å². The lowest BCUT2D eigenvalue weighted by Crippen LogP contribution is -2.20. The maximum absolute atomic E-state index is 11.6. The summed E-state index contributed by atoms with van der Waals surface area (Å²) in [5.41, 5.74) is 1.03. The fourth-order valence-corrected chi connectivity index (χ4v) is 2.31. The Labute approximate surface area is 131 Å². The van der Waals surface area contributed by atoms with Crippen LogP contribution in [0.5, 0.6) is 0 Å². The normalized spacial score (nSPS) is 9.91. The topological polar surface area (TPSA) is 113 Å². The fourth-order valence-electron chi connectivity index (χ4n) is 1.56. The highest BCUT2D eigenvalue weighted by Crippen LogP contribution is 2.17. The first-order chi connectivity index (χ1) is 10.6. The van der Waals surface area contributed by atoms with E-state index >= 15 is 0 Å². The minimum Gasteiger partial charge on any atom is -0.477 e. The van der Waals surface area contributed by atoms with Crippen molar-refractivity contribution in [2.75, 3.05) is 0 Å². The summed E-state index contributed by atoms with van der Waals surface area (Å²) < 4.78 is 0. The van der Waals surface area contributed by atoms with E-state index in [1.54, 1.807) is 12.1 Å². The molecule has 0 spiro atoms. The lowest BCUT2D eigenvalue weighted by Gasteiger charge is -2.01. The molecule has 1 aromatic carbocycles. The van der Waals surface area contributed by atoms with Crippen LogP contribution >= 0.6 is 11.3 Å². The predicted molar refractivity (Wildman–Crippen MR) is 84.6 cm³/mol. The second-order valence-electron chi connectivity index (χ2n) is 4.04. The van der Waals surface area contributed by atoms with Crippen LogP contribution in [0, 0.1) is 0 Å². The summed E-state index contributed by atoms with van der Waals surface area (Å²) in [4.78, 5) is 23.3. The van der Waals surface area contributed by atoms with Gasteiger partial charge in [-0.3, -0.25) is 4.79 Å². The summed E-state index contributed by atoms with van der Waals surface area (Å²) >= 11 is 1.13. The minimum absolute atomic E-state index is 0.209. The average molecular weight is 320 g/mol. The summed E-state index contributed by atoms with van der Waals surface area (Å²) in [5, 5.41) is 18.1. The van der Waals surface area contributed by atoms with E-state index in [9.17, 15) is 9.59 Å². The molecule has 5 N–H and O–H groups in total. The van der Waals surface area contributed by atoms with Crippen molar-refractivity contribution in [2.24, 2.45) is 5.90 Å². The fraction of sp³-hybridized carbons (Fsp3) is 0.0667. The number of hydrogen-bond acceptors (Lipinski definition) is 5. The molecule has 1 aromatic heterocycles. The SMILES string of the molecule is NO.O=C(C=Cc1ccc(C(=O)O)s1)NCc1ccccc1. The first-order valence-corrected chi connectivity index (χ1v) is 7.05. The number of carboxylic acids is 1. The van der Waals surface area contributed by atoms with E-state index in [4.69, 9.17) is 10.3 Å². The molecule has 0 saturated heterocycles. The molecule has 0 unspecified atom stereocenters. The second-order valence-corrected chi connectivity index (χ2v) is 5.16. The molecule has 0 aliphatic rings. The smallest absolute Gasteiger partial charge is 0.345 e. The number of hydrogen-bond donors (Lipinski definition) is 4. The summed E-state index contributed by atoms with van der Waals surface area (Å²) in [6.07, 6.45) is 3.01. The van der Waals surface area contributed by atoms with E-state index in [-0.39, 0.29) is 10.8 Å². The third kappa shape index (κ3) is 5.88. The highest BCUT2D eigenvalue weighted by atomic mass is 32.1. The van der Waals surface area contributed by atoms with Gasteiger partial charge in [0, 0.05) is 17.5 Å². The Balaban J connectivity index is 0.00000116. The monoisotopic (exact) mass is 320 g/mol. The number of benzene rings is 1. The van der Waals surface area contributed by atoms with Crippen molar-refractivity contribution in [1.29, 1.82) is 0 Å². The number of carboxylic acid groups (broad SMARTS) is 1. The van der Waals surface area contributed by atoms with Gasteiger partial charge in [0.1, 0.15) is 4.88 Å². The van der Waals surface area contributed by atoms with Crippen LogP contribution in [0.15, 0.2) is 48.5 Å². The van der Waals surface area contributed by atoms with Gasteiger partial charge in [-0.15, -0.1) is 11.3 Å². The first-order valence-electron chi connectivity index (χ1n) is 6.24. The van der Waals surface area contributed by atoms with Gasteiger partial charge in [-0.25, -0.2) is 10.7 Å². The summed E-state index contributed by atoms with van der Waals surface area (Å²) in [7, 11) is 0. The standard InChI is InChI=1S/C15H13NO3S.H3NO/c17-14(16-10-11-4-2-1-3-5-11)9-7-12-6-8-13(20-12)15(18)19;1-2/h1-9H,10H2,(H,16,17)(H,18,19);2H,1H2. The maximum atomic E-state index is 11.6. The Bertz CT molecular complexity index is 638. The van der Waals surface area contributed by atoms with Crippen LogP contribution in [0.1, 0.15) is 20.1 Å². The minimum atomic E-state index is -0.955. The van der Waals surface area contributed by atoms with Crippen molar-refractivity contribution in [3.8, 4) is 0 Å². The Morgan fingerprint density at radius 3 is 2.41 bits per heavy atom. The maximum Gasteiger partial charge on any atom is 0.345 e. The highest BCUT2D eigenvalue weighted by Gasteiger charge is 2.05. The lowest BCUT2D eigenvalue weighted by molar-refractivity contribution is -0.116. The van der Waals surface area contributed by atoms with Crippen LogP contribution in [-0.4, -0.2) is 22.2 Å². The Hall–Kier alpha value is -2.48. The van der Waals surface area contributed by atoms with Crippen molar-refractivity contribution in [3.05, 3.63) is 63.9 Å². The molecule has 6 nitrogen and oxygen atoms in total. The number of thiophene rings is 1. The molecule has 116 valence electrons. The number of carbonyl (C=O) groups is 2. The first kappa shape index (κ1) is 17.6. The zero-order valence-electron chi connectivity index (χ0n) is 11.6. The Morgan fingerprint density at radius 1 is 1.14 bits per heavy atom. The molecule has 2 aromatic rings. The van der Waals surface area contributed by atoms with Crippen LogP contribution in [0.3, 0.4) is 0 Å². The second kappa shape index (κ2) is 9.46. The average Bonchev–Trinajstić information content (AvgIpc) is 3.03. The van der Waals surface area contributed by atoms with Gasteiger partial charge in [0.2, 0.25) is 5.91 Å². The molecule has 0 atom stereocenters. The number of carbonyl (C=O) groups excluding carboxylic acids is 1. The summed E-state index contributed by atoms with van der Waals surface area (Å²) in [6, 6.07) is 12.8. The molecular weight excluding hydrogens is 304 g/mol. The molecule has 1 heterocycles. The van der Waals surface area contributed by atoms with Gasteiger partial charge in [0.05, 0.1) is 0 Å². The third-order valence-electron chi connectivity index (χ3n) is 2.55. The van der Waals surface area contributed by atoms with E-state index in [0.29, 0.717) is 6.54 Å². The number of amides is 1. The molecule has 0 radical (unpaired) electrons. The molecule has 1 amide bonds. The quantitative estimate of drug-likeness (QED) is 0.498. The molecule has 0 aliphatic heterocycles. The van der Waals surface area contributed by atoms with Gasteiger partial charge in [-0.1, -0.05) is 30.3 Å². The van der Waals surface area contributed by atoms with Gasteiger partial charge < -0.3 is 15.6 Å². The van der Waals surface area contributed by atoms with Crippen LogP contribution in [-0.2, 0) is 11.3 Å². The largest absolute Gasteiger partial charge is 0.477 e. The molecule has 0 bridgehead atoms. The van der Waals surface area contributed by atoms with Crippen LogP contribution in [0.25, 0.3) is 6.08 Å². The Kier molecular flexibility index (Phi) is 7.55. The van der Waals surface area contributed by atoms with Gasteiger partial charge >= 0.3 is 5.97 Å². The molecule has 0 aliphatic carbocycles. The van der Waals surface area contributed by atoms with Gasteiger partial charge in [0.25, 0.3) is 0 Å². The predicted octanol–water partition coefficient (Wildman–Crippen LogP) is 2.11. The van der Waals surface area contributed by atoms with Crippen molar-refractivity contribution in [3.63, 3.8) is 0 Å². The van der Waals surface area contributed by atoms with E-state index in [2.05, 4.69) is 11.2 Å². The molecule has 0 saturated carbocycles. The van der Waals surface area contributed by atoms with Crippen molar-refractivity contribution in [2.45, 2.75) is 6.54 Å². The van der Waals surface area contributed by atoms with Crippen molar-refractivity contribution in [1.82, 2.24) is 5.32 Å². The molecular formula is C15H16N2O4S. The third-order valence-corrected chi connectivity index (χ3v) is 3.58. The van der Waals surface area contributed by atoms with Gasteiger partial charge in [-0.05, 0) is 23.8 Å².